The van der Waals surface area contributed by atoms with Crippen LogP contribution in [-0.2, 0) is 0 Å². The normalized spacial score (nSPS) is 16.9. The van der Waals surface area contributed by atoms with Crippen LogP contribution in [0.25, 0.3) is 0 Å². The molecule has 1 fully saturated rings. The molecule has 1 aliphatic rings. The lowest BCUT2D eigenvalue weighted by molar-refractivity contribution is 0.344. The van der Waals surface area contributed by atoms with Crippen LogP contribution in [0.15, 0.2) is 29.4 Å². The summed E-state index contributed by atoms with van der Waals surface area (Å²) in [6, 6.07) is 7.67. The number of aromatic nitrogens is 1. The van der Waals surface area contributed by atoms with Crippen molar-refractivity contribution in [2.24, 2.45) is 4.99 Å². The van der Waals surface area contributed by atoms with E-state index in [1.807, 2.05) is 17.0 Å². The van der Waals surface area contributed by atoms with Crippen LogP contribution in [0.4, 0.5) is 5.82 Å². The average molecular weight is 214 g/mol. The minimum atomic E-state index is 0.485. The van der Waals surface area contributed by atoms with Gasteiger partial charge in [0.1, 0.15) is 6.07 Å². The summed E-state index contributed by atoms with van der Waals surface area (Å²) in [4.78, 5) is 10.4. The lowest BCUT2D eigenvalue weighted by atomic mass is 10.1. The highest BCUT2D eigenvalue weighted by atomic mass is 15.2. The first-order valence-corrected chi connectivity index (χ1v) is 5.55. The molecule has 1 saturated heterocycles. The summed E-state index contributed by atoms with van der Waals surface area (Å²) >= 11 is 0. The molecule has 16 heavy (non-hydrogen) atoms. The molecule has 0 spiro atoms. The van der Waals surface area contributed by atoms with Crippen LogP contribution in [0.1, 0.15) is 19.3 Å². The van der Waals surface area contributed by atoms with Gasteiger partial charge in [0.2, 0.25) is 5.84 Å². The van der Waals surface area contributed by atoms with E-state index in [0.29, 0.717) is 11.7 Å². The van der Waals surface area contributed by atoms with E-state index in [1.54, 1.807) is 12.3 Å². The first-order valence-electron chi connectivity index (χ1n) is 5.55. The van der Waals surface area contributed by atoms with Gasteiger partial charge in [-0.05, 0) is 31.4 Å². The number of amidine groups is 1. The second-order valence-corrected chi connectivity index (χ2v) is 3.78. The third-order valence-corrected chi connectivity index (χ3v) is 2.63. The number of hydrogen-bond acceptors (Lipinski definition) is 3. The Morgan fingerprint density at radius 1 is 1.31 bits per heavy atom. The van der Waals surface area contributed by atoms with Gasteiger partial charge in [-0.3, -0.25) is 0 Å². The minimum Gasteiger partial charge on any atom is -0.348 e. The number of rotatable bonds is 1. The highest BCUT2D eigenvalue weighted by Crippen LogP contribution is 2.12. The smallest absolute Gasteiger partial charge is 0.210 e. The molecule has 0 atom stereocenters. The van der Waals surface area contributed by atoms with Gasteiger partial charge in [-0.1, -0.05) is 6.07 Å². The molecular weight excluding hydrogens is 200 g/mol. The van der Waals surface area contributed by atoms with E-state index in [4.69, 9.17) is 5.26 Å². The Morgan fingerprint density at radius 3 is 2.75 bits per heavy atom. The maximum atomic E-state index is 9.09. The maximum absolute atomic E-state index is 9.09. The lowest BCUT2D eigenvalue weighted by Gasteiger charge is -2.26. The maximum Gasteiger partial charge on any atom is 0.210 e. The highest BCUT2D eigenvalue weighted by molar-refractivity contribution is 5.97. The molecule has 0 aliphatic carbocycles. The first-order chi connectivity index (χ1) is 7.90. The molecule has 0 aromatic carbocycles. The van der Waals surface area contributed by atoms with Crippen LogP contribution in [-0.4, -0.2) is 28.8 Å². The molecule has 2 heterocycles. The van der Waals surface area contributed by atoms with Gasteiger partial charge in [0.25, 0.3) is 0 Å². The molecule has 82 valence electrons. The molecule has 0 amide bonds. The molecule has 0 bridgehead atoms. The zero-order valence-corrected chi connectivity index (χ0v) is 9.13. The summed E-state index contributed by atoms with van der Waals surface area (Å²) < 4.78 is 0. The van der Waals surface area contributed by atoms with E-state index in [1.165, 1.54) is 6.42 Å². The number of pyridine rings is 1. The van der Waals surface area contributed by atoms with Crippen LogP contribution < -0.4 is 0 Å². The van der Waals surface area contributed by atoms with Crippen molar-refractivity contribution < 1.29 is 0 Å². The van der Waals surface area contributed by atoms with Crippen molar-refractivity contribution in [3.8, 4) is 6.07 Å². The molecule has 4 nitrogen and oxygen atoms in total. The Morgan fingerprint density at radius 2 is 2.12 bits per heavy atom. The van der Waals surface area contributed by atoms with Crippen molar-refractivity contribution in [3.63, 3.8) is 0 Å². The number of piperidine rings is 1. The number of likely N-dealkylation sites (tertiary alicyclic amines) is 1. The van der Waals surface area contributed by atoms with Gasteiger partial charge >= 0.3 is 0 Å². The first kappa shape index (κ1) is 10.6. The third-order valence-electron chi connectivity index (χ3n) is 2.63. The highest BCUT2D eigenvalue weighted by Gasteiger charge is 2.14. The van der Waals surface area contributed by atoms with Crippen LogP contribution in [0.3, 0.4) is 0 Å². The molecule has 4 heteroatoms. The average Bonchev–Trinajstić information content (AvgIpc) is 2.38. The van der Waals surface area contributed by atoms with Crippen molar-refractivity contribution in [2.45, 2.75) is 19.3 Å². The number of nitrogens with zero attached hydrogens (tertiary/aromatic N) is 4. The van der Waals surface area contributed by atoms with E-state index in [0.717, 1.165) is 25.9 Å². The van der Waals surface area contributed by atoms with Crippen LogP contribution >= 0.6 is 0 Å². The summed E-state index contributed by atoms with van der Waals surface area (Å²) in [6.45, 7) is 1.86. The van der Waals surface area contributed by atoms with Gasteiger partial charge in [-0.15, -0.1) is 0 Å². The monoisotopic (exact) mass is 214 g/mol. The molecule has 1 aromatic rings. The zero-order chi connectivity index (χ0) is 11.2. The number of nitriles is 1. The van der Waals surface area contributed by atoms with Crippen LogP contribution in [0.2, 0.25) is 0 Å². The summed E-state index contributed by atoms with van der Waals surface area (Å²) in [5.41, 5.74) is 0. The Bertz CT molecular complexity index is 399. The molecular formula is C12H14N4. The fourth-order valence-corrected chi connectivity index (χ4v) is 1.80. The lowest BCUT2D eigenvalue weighted by Crippen LogP contribution is -2.34. The summed E-state index contributed by atoms with van der Waals surface area (Å²) in [6.07, 6.45) is 5.22. The van der Waals surface area contributed by atoms with Crippen molar-refractivity contribution in [3.05, 3.63) is 24.4 Å². The molecule has 1 aromatic heterocycles. The van der Waals surface area contributed by atoms with Gasteiger partial charge in [-0.25, -0.2) is 9.98 Å². The quantitative estimate of drug-likeness (QED) is 0.531. The summed E-state index contributed by atoms with van der Waals surface area (Å²) in [5, 5.41) is 9.09. The number of aliphatic imine (C=N–C) groups is 1. The van der Waals surface area contributed by atoms with Gasteiger partial charge in [0, 0.05) is 19.3 Å². The molecule has 0 unspecified atom stereocenters. The fourth-order valence-electron chi connectivity index (χ4n) is 1.80. The standard InChI is InChI=1S/C12H14N4/c13-10-12(16-8-4-1-5-9-16)15-11-6-2-3-7-14-11/h2-3,6-7H,1,4-5,8-9H2/b15-12+. The van der Waals surface area contributed by atoms with Crippen LogP contribution in [0.5, 0.6) is 0 Å². The van der Waals surface area contributed by atoms with Crippen molar-refractivity contribution in [1.82, 2.24) is 9.88 Å². The summed E-state index contributed by atoms with van der Waals surface area (Å²) in [7, 11) is 0. The third kappa shape index (κ3) is 2.57. The second-order valence-electron chi connectivity index (χ2n) is 3.78. The molecule has 2 rings (SSSR count). The Hall–Kier alpha value is -1.89. The van der Waals surface area contributed by atoms with E-state index < -0.39 is 0 Å². The van der Waals surface area contributed by atoms with Crippen molar-refractivity contribution >= 4 is 11.7 Å². The van der Waals surface area contributed by atoms with Gasteiger partial charge in [0.15, 0.2) is 5.82 Å². The van der Waals surface area contributed by atoms with E-state index in [2.05, 4.69) is 16.0 Å². The zero-order valence-electron chi connectivity index (χ0n) is 9.13. The molecule has 1 aliphatic heterocycles. The van der Waals surface area contributed by atoms with E-state index >= 15 is 0 Å². The predicted molar refractivity (Wildman–Crippen MR) is 62.4 cm³/mol. The topological polar surface area (TPSA) is 52.3 Å². The Kier molecular flexibility index (Phi) is 3.50. The molecule has 0 N–H and O–H groups in total. The van der Waals surface area contributed by atoms with Crippen LogP contribution in [0, 0.1) is 11.3 Å². The van der Waals surface area contributed by atoms with Crippen molar-refractivity contribution in [2.75, 3.05) is 13.1 Å². The number of hydrogen-bond donors (Lipinski definition) is 0. The SMILES string of the molecule is N#C/C(=N\c1ccccn1)N1CCCCC1. The summed E-state index contributed by atoms with van der Waals surface area (Å²) in [5.74, 6) is 1.09. The Balaban J connectivity index is 2.16. The molecule has 0 radical (unpaired) electrons. The van der Waals surface area contributed by atoms with E-state index in [9.17, 15) is 0 Å². The van der Waals surface area contributed by atoms with Gasteiger partial charge in [0.05, 0.1) is 0 Å². The molecule has 0 saturated carbocycles. The predicted octanol–water partition coefficient (Wildman–Crippen LogP) is 2.12. The van der Waals surface area contributed by atoms with E-state index in [-0.39, 0.29) is 0 Å². The fraction of sp³-hybridized carbons (Fsp3) is 0.417. The van der Waals surface area contributed by atoms with Gasteiger partial charge < -0.3 is 4.90 Å². The van der Waals surface area contributed by atoms with Crippen molar-refractivity contribution in [1.29, 1.82) is 5.26 Å². The minimum absolute atomic E-state index is 0.485. The Labute approximate surface area is 95.2 Å². The second kappa shape index (κ2) is 5.26. The largest absolute Gasteiger partial charge is 0.348 e. The van der Waals surface area contributed by atoms with Gasteiger partial charge in [-0.2, -0.15) is 5.26 Å².